The SMILES string of the molecule is Cc1[nH]c(C=C2C(=O)Nc3ccc(-c4csc(-c5ccccc5)n4)cc32)c(C)c1S(=O)(=O)N1CCCC1. The number of nitrogens with zero attached hydrogens (tertiary/aromatic N) is 2. The summed E-state index contributed by atoms with van der Waals surface area (Å²) in [5, 5.41) is 5.88. The largest absolute Gasteiger partial charge is 0.358 e. The van der Waals surface area contributed by atoms with E-state index in [4.69, 9.17) is 4.98 Å². The molecule has 0 spiro atoms. The van der Waals surface area contributed by atoms with Crippen molar-refractivity contribution in [2.75, 3.05) is 18.4 Å². The first kappa shape index (κ1) is 23.8. The van der Waals surface area contributed by atoms with Crippen molar-refractivity contribution in [2.45, 2.75) is 31.6 Å². The van der Waals surface area contributed by atoms with Crippen molar-refractivity contribution < 1.29 is 13.2 Å². The van der Waals surface area contributed by atoms with E-state index in [1.165, 1.54) is 0 Å². The second kappa shape index (κ2) is 9.09. The number of thiazole rings is 1. The zero-order valence-corrected chi connectivity index (χ0v) is 22.2. The van der Waals surface area contributed by atoms with E-state index in [-0.39, 0.29) is 5.91 Å². The fourth-order valence-corrected chi connectivity index (χ4v) is 7.87. The summed E-state index contributed by atoms with van der Waals surface area (Å²) in [5.74, 6) is -0.217. The van der Waals surface area contributed by atoms with Gasteiger partial charge in [-0.3, -0.25) is 4.79 Å². The normalized spacial score (nSPS) is 16.9. The predicted molar refractivity (Wildman–Crippen MR) is 148 cm³/mol. The number of fused-ring (bicyclic) bond motifs is 1. The molecule has 0 saturated carbocycles. The van der Waals surface area contributed by atoms with Crippen LogP contribution >= 0.6 is 11.3 Å². The molecule has 1 saturated heterocycles. The van der Waals surface area contributed by atoms with Gasteiger partial charge in [-0.25, -0.2) is 13.4 Å². The monoisotopic (exact) mass is 530 g/mol. The third-order valence-corrected chi connectivity index (χ3v) is 10.0. The van der Waals surface area contributed by atoms with Crippen LogP contribution in [-0.2, 0) is 14.8 Å². The van der Waals surface area contributed by atoms with Crippen LogP contribution in [0.2, 0.25) is 0 Å². The number of aromatic amines is 1. The third kappa shape index (κ3) is 4.13. The van der Waals surface area contributed by atoms with Gasteiger partial charge in [-0.15, -0.1) is 11.3 Å². The highest BCUT2D eigenvalue weighted by molar-refractivity contribution is 7.89. The Balaban J connectivity index is 1.37. The zero-order valence-electron chi connectivity index (χ0n) is 20.5. The lowest BCUT2D eigenvalue weighted by atomic mass is 10.0. The van der Waals surface area contributed by atoms with Crippen molar-refractivity contribution in [2.24, 2.45) is 0 Å². The maximum absolute atomic E-state index is 13.3. The van der Waals surface area contributed by atoms with Gasteiger partial charge in [0.2, 0.25) is 10.0 Å². The number of nitrogens with one attached hydrogen (secondary N) is 2. The smallest absolute Gasteiger partial charge is 0.256 e. The lowest BCUT2D eigenvalue weighted by Gasteiger charge is -2.16. The molecule has 0 bridgehead atoms. The summed E-state index contributed by atoms with van der Waals surface area (Å²) in [7, 11) is -3.59. The number of benzene rings is 2. The third-order valence-electron chi connectivity index (χ3n) is 6.98. The lowest BCUT2D eigenvalue weighted by Crippen LogP contribution is -2.28. The van der Waals surface area contributed by atoms with Crippen LogP contribution < -0.4 is 5.32 Å². The van der Waals surface area contributed by atoms with E-state index >= 15 is 0 Å². The number of rotatable bonds is 5. The number of sulfonamides is 1. The second-order valence-corrected chi connectivity index (χ2v) is 12.1. The van der Waals surface area contributed by atoms with Gasteiger partial charge in [-0.2, -0.15) is 4.31 Å². The summed E-state index contributed by atoms with van der Waals surface area (Å²) < 4.78 is 28.1. The van der Waals surface area contributed by atoms with Crippen LogP contribution in [-0.4, -0.2) is 41.7 Å². The summed E-state index contributed by atoms with van der Waals surface area (Å²) in [6, 6.07) is 15.8. The summed E-state index contributed by atoms with van der Waals surface area (Å²) in [5.41, 5.74) is 6.64. The van der Waals surface area contributed by atoms with Crippen LogP contribution in [0.25, 0.3) is 33.5 Å². The van der Waals surface area contributed by atoms with Gasteiger partial charge >= 0.3 is 0 Å². The molecule has 2 aliphatic rings. The Morgan fingerprint density at radius 1 is 1.03 bits per heavy atom. The fourth-order valence-electron chi connectivity index (χ4n) is 5.10. The van der Waals surface area contributed by atoms with E-state index < -0.39 is 10.0 Å². The molecule has 7 nitrogen and oxygen atoms in total. The van der Waals surface area contributed by atoms with Crippen molar-refractivity contribution in [1.82, 2.24) is 14.3 Å². The number of hydrogen-bond acceptors (Lipinski definition) is 5. The summed E-state index contributed by atoms with van der Waals surface area (Å²) >= 11 is 1.58. The van der Waals surface area contributed by atoms with Crippen LogP contribution in [0.5, 0.6) is 0 Å². The van der Waals surface area contributed by atoms with E-state index in [1.807, 2.05) is 53.9 Å². The molecule has 2 aliphatic heterocycles. The van der Waals surface area contributed by atoms with Gasteiger partial charge in [0, 0.05) is 52.2 Å². The Morgan fingerprint density at radius 3 is 2.54 bits per heavy atom. The van der Waals surface area contributed by atoms with Crippen molar-refractivity contribution in [3.63, 3.8) is 0 Å². The van der Waals surface area contributed by atoms with Gasteiger partial charge in [0.1, 0.15) is 9.90 Å². The summed E-state index contributed by atoms with van der Waals surface area (Å²) in [6.07, 6.45) is 3.51. The molecule has 0 atom stereocenters. The van der Waals surface area contributed by atoms with E-state index in [9.17, 15) is 13.2 Å². The predicted octanol–water partition coefficient (Wildman–Crippen LogP) is 5.70. The maximum Gasteiger partial charge on any atom is 0.256 e. The summed E-state index contributed by atoms with van der Waals surface area (Å²) in [6.45, 7) is 4.66. The number of aromatic nitrogens is 2. The van der Waals surface area contributed by atoms with Crippen molar-refractivity contribution in [3.05, 3.63) is 76.4 Å². The number of carbonyl (C=O) groups excluding carboxylic acids is 1. The molecule has 0 unspecified atom stereocenters. The fraction of sp³-hybridized carbons (Fsp3) is 0.214. The van der Waals surface area contributed by atoms with Crippen molar-refractivity contribution in [1.29, 1.82) is 0 Å². The molecule has 188 valence electrons. The highest BCUT2D eigenvalue weighted by Crippen LogP contribution is 2.38. The zero-order chi connectivity index (χ0) is 25.7. The van der Waals surface area contributed by atoms with Gasteiger partial charge in [-0.1, -0.05) is 36.4 Å². The Morgan fingerprint density at radius 2 is 1.78 bits per heavy atom. The maximum atomic E-state index is 13.3. The van der Waals surface area contributed by atoms with Crippen molar-refractivity contribution in [3.8, 4) is 21.8 Å². The van der Waals surface area contributed by atoms with Crippen LogP contribution in [0.3, 0.4) is 0 Å². The first-order valence-corrected chi connectivity index (χ1v) is 14.5. The molecule has 9 heteroatoms. The minimum absolute atomic E-state index is 0.217. The Bertz CT molecular complexity index is 1660. The average Bonchev–Trinajstić information content (AvgIpc) is 3.68. The molecule has 0 radical (unpaired) electrons. The van der Waals surface area contributed by atoms with Gasteiger partial charge in [-0.05, 0) is 50.5 Å². The number of aryl methyl sites for hydroxylation is 1. The number of H-pyrrole nitrogens is 1. The molecule has 1 amide bonds. The molecule has 4 heterocycles. The number of amides is 1. The molecule has 1 fully saturated rings. The summed E-state index contributed by atoms with van der Waals surface area (Å²) in [4.78, 5) is 21.3. The molecular formula is C28H26N4O3S2. The highest BCUT2D eigenvalue weighted by atomic mass is 32.2. The van der Waals surface area contributed by atoms with Crippen molar-refractivity contribution >= 4 is 44.6 Å². The highest BCUT2D eigenvalue weighted by Gasteiger charge is 2.32. The standard InChI is InChI=1S/C28H26N4O3S2/c1-17-24(29-18(2)26(17)37(34,35)32-12-6-7-13-32)15-22-21-14-20(10-11-23(21)30-27(22)33)25-16-36-28(31-25)19-8-4-3-5-9-19/h3-5,8-11,14-16,29H,6-7,12-13H2,1-2H3,(H,30,33). The molecule has 2 aromatic heterocycles. The van der Waals surface area contributed by atoms with Gasteiger partial charge in [0.15, 0.2) is 0 Å². The molecule has 4 aromatic rings. The van der Waals surface area contributed by atoms with Crippen LogP contribution in [0, 0.1) is 13.8 Å². The molecule has 37 heavy (non-hydrogen) atoms. The lowest BCUT2D eigenvalue weighted by molar-refractivity contribution is -0.110. The topological polar surface area (TPSA) is 95.2 Å². The number of hydrogen-bond donors (Lipinski definition) is 2. The van der Waals surface area contributed by atoms with Gasteiger partial charge < -0.3 is 10.3 Å². The molecule has 0 aliphatic carbocycles. The van der Waals surface area contributed by atoms with Gasteiger partial charge in [0.25, 0.3) is 5.91 Å². The van der Waals surface area contributed by atoms with E-state index in [2.05, 4.69) is 10.3 Å². The molecular weight excluding hydrogens is 504 g/mol. The second-order valence-electron chi connectivity index (χ2n) is 9.41. The van der Waals surface area contributed by atoms with E-state index in [1.54, 1.807) is 35.6 Å². The van der Waals surface area contributed by atoms with E-state index in [0.717, 1.165) is 45.9 Å². The molecule has 2 N–H and O–H groups in total. The Labute approximate surface area is 219 Å². The van der Waals surface area contributed by atoms with Crippen LogP contribution in [0.4, 0.5) is 5.69 Å². The minimum atomic E-state index is -3.59. The number of carbonyl (C=O) groups is 1. The molecule has 6 rings (SSSR count). The number of anilines is 1. The first-order valence-electron chi connectivity index (χ1n) is 12.2. The van der Waals surface area contributed by atoms with Gasteiger partial charge in [0.05, 0.1) is 11.3 Å². The Kier molecular flexibility index (Phi) is 5.86. The van der Waals surface area contributed by atoms with E-state index in [0.29, 0.717) is 40.5 Å². The van der Waals surface area contributed by atoms with Crippen LogP contribution in [0.1, 0.15) is 35.4 Å². The quantitative estimate of drug-likeness (QED) is 0.324. The Hall–Kier alpha value is -3.53. The van der Waals surface area contributed by atoms with Crippen LogP contribution in [0.15, 0.2) is 58.8 Å². The minimum Gasteiger partial charge on any atom is -0.358 e. The molecule has 2 aromatic carbocycles. The average molecular weight is 531 g/mol. The first-order chi connectivity index (χ1) is 17.8.